The van der Waals surface area contributed by atoms with Gasteiger partial charge in [0, 0.05) is 0 Å². The van der Waals surface area contributed by atoms with Crippen LogP contribution in [-0.4, -0.2) is 60.0 Å². The molecule has 1 aliphatic heterocycles. The summed E-state index contributed by atoms with van der Waals surface area (Å²) < 4.78 is 17.5. The number of nitrogens with zero attached hydrogens (tertiary/aromatic N) is 4. The Kier molecular flexibility index (Phi) is 7.44. The van der Waals surface area contributed by atoms with Gasteiger partial charge in [-0.25, -0.2) is 0 Å². The second-order valence-electron chi connectivity index (χ2n) is 6.05. The summed E-state index contributed by atoms with van der Waals surface area (Å²) in [5.41, 5.74) is 0. The minimum absolute atomic E-state index is 0. The van der Waals surface area contributed by atoms with Crippen molar-refractivity contribution in [1.29, 1.82) is 0 Å². The number of rotatable bonds is 6. The third kappa shape index (κ3) is 5.16. The fourth-order valence-electron chi connectivity index (χ4n) is 2.42. The van der Waals surface area contributed by atoms with Crippen LogP contribution in [0.1, 0.15) is 34.6 Å². The van der Waals surface area contributed by atoms with Crippen LogP contribution >= 0.6 is 0 Å². The number of quaternary nitrogens is 1. The molecule has 2 heterocycles. The summed E-state index contributed by atoms with van der Waals surface area (Å²) in [5, 5.41) is 0. The van der Waals surface area contributed by atoms with Crippen LogP contribution in [0.15, 0.2) is 0 Å². The monoisotopic (exact) mass is 346 g/mol. The van der Waals surface area contributed by atoms with Crippen molar-refractivity contribution in [2.45, 2.75) is 46.8 Å². The van der Waals surface area contributed by atoms with Gasteiger partial charge in [0.05, 0.1) is 32.0 Å². The van der Waals surface area contributed by atoms with E-state index in [4.69, 9.17) is 14.2 Å². The Labute approximate surface area is 144 Å². The maximum absolute atomic E-state index is 5.67. The number of hydrogen-bond acceptors (Lipinski definition) is 6. The Morgan fingerprint density at radius 3 is 1.83 bits per heavy atom. The molecule has 1 aromatic rings. The summed E-state index contributed by atoms with van der Waals surface area (Å²) in [6.07, 6.45) is 0.00355. The van der Waals surface area contributed by atoms with Crippen molar-refractivity contribution in [2.75, 3.05) is 32.8 Å². The van der Waals surface area contributed by atoms with Gasteiger partial charge in [0.25, 0.3) is 0 Å². The minimum atomic E-state index is 0. The fraction of sp³-hybridized carbons (Fsp3) is 0.800. The Morgan fingerprint density at radius 1 is 0.957 bits per heavy atom. The molecule has 0 unspecified atom stereocenters. The summed E-state index contributed by atoms with van der Waals surface area (Å²) in [7, 11) is 0. The van der Waals surface area contributed by atoms with Crippen LogP contribution in [0.3, 0.4) is 0 Å². The normalized spacial score (nSPS) is 17.0. The highest BCUT2D eigenvalue weighted by Gasteiger charge is 2.36. The van der Waals surface area contributed by atoms with Gasteiger partial charge in [-0.1, -0.05) is 0 Å². The molecule has 0 saturated carbocycles. The van der Waals surface area contributed by atoms with Crippen LogP contribution in [0.4, 0.5) is 5.95 Å². The zero-order valence-electron chi connectivity index (χ0n) is 14.6. The van der Waals surface area contributed by atoms with E-state index in [1.165, 1.54) is 0 Å². The first-order valence-electron chi connectivity index (χ1n) is 7.99. The van der Waals surface area contributed by atoms with Crippen LogP contribution < -0.4 is 26.4 Å². The van der Waals surface area contributed by atoms with Crippen molar-refractivity contribution < 1.29 is 26.6 Å². The van der Waals surface area contributed by atoms with Gasteiger partial charge in [-0.3, -0.25) is 4.48 Å². The quantitative estimate of drug-likeness (QED) is 0.603. The molecule has 0 N–H and O–H groups in total. The zero-order valence-corrected chi connectivity index (χ0v) is 15.3. The predicted molar refractivity (Wildman–Crippen MR) is 84.2 cm³/mol. The standard InChI is InChI=1S/C15H27N4O3.ClH/c1-6-19(7-9-20-10-8-19)13-16-14(21-11(2)3)18-15(17-13)22-12(4)5;/h11-12H,6-10H2,1-5H3;1H/q+1;/p-1. The van der Waals surface area contributed by atoms with Gasteiger partial charge in [0.2, 0.25) is 0 Å². The second kappa shape index (κ2) is 8.61. The topological polar surface area (TPSA) is 66.4 Å². The van der Waals surface area contributed by atoms with Gasteiger partial charge in [0.1, 0.15) is 13.1 Å². The number of morpholine rings is 1. The molecule has 0 bridgehead atoms. The molecule has 1 aromatic heterocycles. The molecule has 1 saturated heterocycles. The average Bonchev–Trinajstić information content (AvgIpc) is 2.46. The third-order valence-electron chi connectivity index (χ3n) is 3.62. The lowest BCUT2D eigenvalue weighted by molar-refractivity contribution is -0.00000991. The molecule has 23 heavy (non-hydrogen) atoms. The second-order valence-corrected chi connectivity index (χ2v) is 6.05. The van der Waals surface area contributed by atoms with Crippen LogP contribution in [0.2, 0.25) is 0 Å². The van der Waals surface area contributed by atoms with E-state index < -0.39 is 0 Å². The lowest BCUT2D eigenvalue weighted by atomic mass is 10.3. The molecular weight excluding hydrogens is 320 g/mol. The Bertz CT molecular complexity index is 465. The van der Waals surface area contributed by atoms with E-state index in [1.54, 1.807) is 0 Å². The van der Waals surface area contributed by atoms with E-state index in [1.807, 2.05) is 27.7 Å². The number of halogens is 1. The van der Waals surface area contributed by atoms with Gasteiger partial charge in [0.15, 0.2) is 0 Å². The van der Waals surface area contributed by atoms with Crippen molar-refractivity contribution >= 4 is 5.95 Å². The predicted octanol–water partition coefficient (Wildman–Crippen LogP) is -1.19. The smallest absolute Gasteiger partial charge is 0.338 e. The lowest BCUT2D eigenvalue weighted by Gasteiger charge is -2.37. The maximum Gasteiger partial charge on any atom is 0.338 e. The minimum Gasteiger partial charge on any atom is -1.00 e. The molecule has 8 heteroatoms. The van der Waals surface area contributed by atoms with Gasteiger partial charge >= 0.3 is 18.0 Å². The lowest BCUT2D eigenvalue weighted by Crippen LogP contribution is -3.00. The Balaban J connectivity index is 0.00000264. The van der Waals surface area contributed by atoms with Crippen molar-refractivity contribution in [2.24, 2.45) is 0 Å². The molecule has 2 rings (SSSR count). The van der Waals surface area contributed by atoms with Crippen LogP contribution in [0, 0.1) is 0 Å². The summed E-state index contributed by atoms with van der Waals surface area (Å²) in [6.45, 7) is 14.0. The molecule has 0 spiro atoms. The Morgan fingerprint density at radius 2 is 1.43 bits per heavy atom. The molecule has 0 amide bonds. The van der Waals surface area contributed by atoms with Crippen LogP contribution in [0.5, 0.6) is 12.0 Å². The van der Waals surface area contributed by atoms with E-state index in [9.17, 15) is 0 Å². The highest BCUT2D eigenvalue weighted by Crippen LogP contribution is 2.25. The van der Waals surface area contributed by atoms with Crippen molar-refractivity contribution in [1.82, 2.24) is 19.4 Å². The summed E-state index contributed by atoms with van der Waals surface area (Å²) in [5.74, 6) is 0.701. The largest absolute Gasteiger partial charge is 1.00 e. The van der Waals surface area contributed by atoms with Gasteiger partial charge in [-0.05, 0) is 34.6 Å². The summed E-state index contributed by atoms with van der Waals surface area (Å²) in [4.78, 5) is 13.3. The zero-order chi connectivity index (χ0) is 16.2. The molecule has 7 nitrogen and oxygen atoms in total. The molecule has 0 aromatic carbocycles. The van der Waals surface area contributed by atoms with E-state index in [0.29, 0.717) is 35.7 Å². The molecular formula is C15H27ClN4O3. The number of likely N-dealkylation sites (N-methyl/N-ethyl adjacent to an activating group) is 1. The third-order valence-corrected chi connectivity index (χ3v) is 3.62. The van der Waals surface area contributed by atoms with Crippen molar-refractivity contribution in [3.05, 3.63) is 0 Å². The maximum atomic E-state index is 5.67. The average molecular weight is 347 g/mol. The molecule has 1 fully saturated rings. The van der Waals surface area contributed by atoms with Gasteiger partial charge < -0.3 is 26.6 Å². The fourth-order valence-corrected chi connectivity index (χ4v) is 2.42. The van der Waals surface area contributed by atoms with Crippen LogP contribution in [0.25, 0.3) is 0 Å². The number of aromatic nitrogens is 3. The number of hydrogen-bond donors (Lipinski definition) is 0. The summed E-state index contributed by atoms with van der Waals surface area (Å²) >= 11 is 0. The molecule has 0 radical (unpaired) electrons. The first-order chi connectivity index (χ1) is 10.4. The highest BCUT2D eigenvalue weighted by molar-refractivity contribution is 5.29. The first kappa shape index (κ1) is 19.9. The van der Waals surface area contributed by atoms with E-state index >= 15 is 0 Å². The van der Waals surface area contributed by atoms with E-state index in [2.05, 4.69) is 21.9 Å². The van der Waals surface area contributed by atoms with Gasteiger partial charge in [-0.2, -0.15) is 0 Å². The number of ether oxygens (including phenoxy) is 3. The summed E-state index contributed by atoms with van der Waals surface area (Å²) in [6, 6.07) is 0.654. The van der Waals surface area contributed by atoms with E-state index in [-0.39, 0.29) is 24.6 Å². The molecule has 0 atom stereocenters. The molecule has 1 aliphatic rings. The van der Waals surface area contributed by atoms with Crippen molar-refractivity contribution in [3.8, 4) is 12.0 Å². The molecule has 0 aliphatic carbocycles. The SMILES string of the molecule is CC[N+]1(c2nc(OC(C)C)nc(OC(C)C)n2)CCOCC1.[Cl-]. The Hall–Kier alpha value is -1.18. The van der Waals surface area contributed by atoms with E-state index in [0.717, 1.165) is 19.6 Å². The highest BCUT2D eigenvalue weighted by atomic mass is 35.5. The first-order valence-corrected chi connectivity index (χ1v) is 7.99. The van der Waals surface area contributed by atoms with Crippen molar-refractivity contribution in [3.63, 3.8) is 0 Å². The van der Waals surface area contributed by atoms with Crippen LogP contribution in [-0.2, 0) is 4.74 Å². The molecule has 132 valence electrons. The van der Waals surface area contributed by atoms with Gasteiger partial charge in [-0.15, -0.1) is 15.0 Å².